The Morgan fingerprint density at radius 2 is 1.68 bits per heavy atom. The van der Waals surface area contributed by atoms with Crippen molar-refractivity contribution in [3.63, 3.8) is 0 Å². The number of hydrogen-bond acceptors (Lipinski definition) is 5. The highest BCUT2D eigenvalue weighted by molar-refractivity contribution is 5.96. The first-order valence-electron chi connectivity index (χ1n) is 7.72. The molecular weight excluding hydrogens is 322 g/mol. The average Bonchev–Trinajstić information content (AvgIpc) is 3.09. The number of para-hydroxylation sites is 1. The van der Waals surface area contributed by atoms with Crippen LogP contribution < -0.4 is 19.5 Å². The number of carbonyl (C=O) groups is 1. The minimum Gasteiger partial charge on any atom is -0.493 e. The minimum absolute atomic E-state index is 0.272. The molecular formula is C19H19NO5. The van der Waals surface area contributed by atoms with Crippen molar-refractivity contribution in [2.45, 2.75) is 6.54 Å². The third-order valence-corrected chi connectivity index (χ3v) is 3.83. The fourth-order valence-electron chi connectivity index (χ4n) is 2.60. The van der Waals surface area contributed by atoms with E-state index in [2.05, 4.69) is 5.32 Å². The molecule has 0 saturated heterocycles. The van der Waals surface area contributed by atoms with Gasteiger partial charge in [0.2, 0.25) is 5.75 Å². The molecule has 0 atom stereocenters. The summed E-state index contributed by atoms with van der Waals surface area (Å²) in [6, 6.07) is 12.8. The van der Waals surface area contributed by atoms with Gasteiger partial charge in [-0.3, -0.25) is 4.79 Å². The number of ether oxygens (including phenoxy) is 3. The van der Waals surface area contributed by atoms with E-state index < -0.39 is 0 Å². The maximum atomic E-state index is 12.3. The van der Waals surface area contributed by atoms with E-state index in [-0.39, 0.29) is 11.7 Å². The second kappa shape index (κ2) is 7.17. The summed E-state index contributed by atoms with van der Waals surface area (Å²) < 4.78 is 21.5. The third-order valence-electron chi connectivity index (χ3n) is 3.83. The van der Waals surface area contributed by atoms with Gasteiger partial charge in [0, 0.05) is 11.9 Å². The van der Waals surface area contributed by atoms with Crippen LogP contribution in [0.5, 0.6) is 17.2 Å². The summed E-state index contributed by atoms with van der Waals surface area (Å²) in [5, 5.41) is 3.72. The number of nitrogens with one attached hydrogen (secondary N) is 1. The molecule has 0 aliphatic carbocycles. The molecule has 6 heteroatoms. The Morgan fingerprint density at radius 3 is 2.28 bits per heavy atom. The molecule has 0 spiro atoms. The summed E-state index contributed by atoms with van der Waals surface area (Å²) in [5.74, 6) is 1.57. The molecule has 3 aromatic rings. The van der Waals surface area contributed by atoms with Gasteiger partial charge in [0.05, 0.1) is 21.3 Å². The topological polar surface area (TPSA) is 69.9 Å². The highest BCUT2D eigenvalue weighted by Crippen LogP contribution is 2.38. The van der Waals surface area contributed by atoms with Crippen molar-refractivity contribution in [1.29, 1.82) is 0 Å². The van der Waals surface area contributed by atoms with E-state index in [1.807, 2.05) is 24.3 Å². The van der Waals surface area contributed by atoms with Gasteiger partial charge < -0.3 is 23.9 Å². The van der Waals surface area contributed by atoms with Gasteiger partial charge in [0.1, 0.15) is 5.58 Å². The SMILES string of the molecule is COc1cc(CNC(=O)c2cc3ccccc3o2)cc(OC)c1OC. The molecule has 0 unspecified atom stereocenters. The second-order valence-electron chi connectivity index (χ2n) is 5.36. The van der Waals surface area contributed by atoms with Crippen molar-refractivity contribution in [1.82, 2.24) is 5.32 Å². The number of furan rings is 1. The van der Waals surface area contributed by atoms with Gasteiger partial charge in [-0.25, -0.2) is 0 Å². The van der Waals surface area contributed by atoms with E-state index in [1.165, 1.54) is 0 Å². The van der Waals surface area contributed by atoms with Gasteiger partial charge in [0.25, 0.3) is 5.91 Å². The van der Waals surface area contributed by atoms with Crippen molar-refractivity contribution < 1.29 is 23.4 Å². The Morgan fingerprint density at radius 1 is 1.00 bits per heavy atom. The maximum Gasteiger partial charge on any atom is 0.287 e. The highest BCUT2D eigenvalue weighted by Gasteiger charge is 2.15. The molecule has 6 nitrogen and oxygen atoms in total. The van der Waals surface area contributed by atoms with Crippen molar-refractivity contribution in [2.24, 2.45) is 0 Å². The van der Waals surface area contributed by atoms with E-state index >= 15 is 0 Å². The van der Waals surface area contributed by atoms with Crippen LogP contribution in [-0.4, -0.2) is 27.2 Å². The van der Waals surface area contributed by atoms with E-state index in [1.54, 1.807) is 39.5 Å². The zero-order valence-corrected chi connectivity index (χ0v) is 14.3. The summed E-state index contributed by atoms with van der Waals surface area (Å²) in [4.78, 5) is 12.3. The zero-order chi connectivity index (χ0) is 17.8. The lowest BCUT2D eigenvalue weighted by molar-refractivity contribution is 0.0925. The van der Waals surface area contributed by atoms with Gasteiger partial charge >= 0.3 is 0 Å². The van der Waals surface area contributed by atoms with Gasteiger partial charge in [0.15, 0.2) is 17.3 Å². The van der Waals surface area contributed by atoms with Crippen LogP contribution in [0.4, 0.5) is 0 Å². The van der Waals surface area contributed by atoms with Crippen LogP contribution in [-0.2, 0) is 6.54 Å². The predicted octanol–water partition coefficient (Wildman–Crippen LogP) is 3.39. The van der Waals surface area contributed by atoms with Crippen LogP contribution >= 0.6 is 0 Å². The lowest BCUT2D eigenvalue weighted by Gasteiger charge is -2.14. The fourth-order valence-corrected chi connectivity index (χ4v) is 2.60. The average molecular weight is 341 g/mol. The number of fused-ring (bicyclic) bond motifs is 1. The van der Waals surface area contributed by atoms with Crippen molar-refractivity contribution in [2.75, 3.05) is 21.3 Å². The molecule has 2 aromatic carbocycles. The number of carbonyl (C=O) groups excluding carboxylic acids is 1. The molecule has 0 aliphatic rings. The summed E-state index contributed by atoms with van der Waals surface area (Å²) in [7, 11) is 4.64. The van der Waals surface area contributed by atoms with Gasteiger partial charge in [-0.2, -0.15) is 0 Å². The number of amides is 1. The first kappa shape index (κ1) is 16.7. The first-order chi connectivity index (χ1) is 12.2. The molecule has 0 bridgehead atoms. The molecule has 0 aliphatic heterocycles. The molecule has 1 heterocycles. The molecule has 1 aromatic heterocycles. The summed E-state index contributed by atoms with van der Waals surface area (Å²) in [6.45, 7) is 0.298. The lowest BCUT2D eigenvalue weighted by atomic mass is 10.1. The molecule has 1 amide bonds. The summed E-state index contributed by atoms with van der Waals surface area (Å²) >= 11 is 0. The van der Waals surface area contributed by atoms with E-state index in [0.29, 0.717) is 29.4 Å². The number of benzene rings is 2. The third kappa shape index (κ3) is 3.38. The van der Waals surface area contributed by atoms with Gasteiger partial charge in [-0.05, 0) is 29.8 Å². The molecule has 0 fully saturated rings. The van der Waals surface area contributed by atoms with E-state index in [0.717, 1.165) is 10.9 Å². The normalized spacial score (nSPS) is 10.5. The molecule has 130 valence electrons. The second-order valence-corrected chi connectivity index (χ2v) is 5.36. The van der Waals surface area contributed by atoms with E-state index in [4.69, 9.17) is 18.6 Å². The van der Waals surface area contributed by atoms with Crippen LogP contribution in [0, 0.1) is 0 Å². The maximum absolute atomic E-state index is 12.3. The Bertz CT molecular complexity index is 842. The molecule has 25 heavy (non-hydrogen) atoms. The van der Waals surface area contributed by atoms with Crippen LogP contribution in [0.25, 0.3) is 11.0 Å². The predicted molar refractivity (Wildman–Crippen MR) is 93.5 cm³/mol. The Balaban J connectivity index is 1.77. The Hall–Kier alpha value is -3.15. The van der Waals surface area contributed by atoms with Crippen LogP contribution in [0.2, 0.25) is 0 Å². The largest absolute Gasteiger partial charge is 0.493 e. The van der Waals surface area contributed by atoms with Crippen LogP contribution in [0.15, 0.2) is 46.9 Å². The Kier molecular flexibility index (Phi) is 4.79. The van der Waals surface area contributed by atoms with Crippen molar-refractivity contribution in [3.05, 3.63) is 53.8 Å². The minimum atomic E-state index is -0.287. The lowest BCUT2D eigenvalue weighted by Crippen LogP contribution is -2.22. The number of hydrogen-bond donors (Lipinski definition) is 1. The molecule has 3 rings (SSSR count). The molecule has 1 N–H and O–H groups in total. The van der Waals surface area contributed by atoms with Gasteiger partial charge in [-0.1, -0.05) is 18.2 Å². The summed E-state index contributed by atoms with van der Waals surface area (Å²) in [6.07, 6.45) is 0. The highest BCUT2D eigenvalue weighted by atomic mass is 16.5. The quantitative estimate of drug-likeness (QED) is 0.744. The molecule has 0 radical (unpaired) electrons. The Labute approximate surface area is 145 Å². The number of rotatable bonds is 6. The first-order valence-corrected chi connectivity index (χ1v) is 7.72. The summed E-state index contributed by atoms with van der Waals surface area (Å²) in [5.41, 5.74) is 1.50. The monoisotopic (exact) mass is 341 g/mol. The van der Waals surface area contributed by atoms with Gasteiger partial charge in [-0.15, -0.1) is 0 Å². The van der Waals surface area contributed by atoms with E-state index in [9.17, 15) is 4.79 Å². The van der Waals surface area contributed by atoms with Crippen LogP contribution in [0.1, 0.15) is 16.1 Å². The molecule has 0 saturated carbocycles. The zero-order valence-electron chi connectivity index (χ0n) is 14.3. The van der Waals surface area contributed by atoms with Crippen molar-refractivity contribution >= 4 is 16.9 Å². The fraction of sp³-hybridized carbons (Fsp3) is 0.211. The standard InChI is InChI=1S/C19H19NO5/c1-22-15-8-12(9-16(23-2)18(15)24-3)11-20-19(21)17-10-13-6-4-5-7-14(13)25-17/h4-10H,11H2,1-3H3,(H,20,21). The van der Waals surface area contributed by atoms with Crippen molar-refractivity contribution in [3.8, 4) is 17.2 Å². The smallest absolute Gasteiger partial charge is 0.287 e. The number of methoxy groups -OCH3 is 3. The van der Waals surface area contributed by atoms with Crippen LogP contribution in [0.3, 0.4) is 0 Å².